The van der Waals surface area contributed by atoms with Crippen LogP contribution in [-0.2, 0) is 11.8 Å². The van der Waals surface area contributed by atoms with E-state index in [1.54, 1.807) is 29.8 Å². The predicted molar refractivity (Wildman–Crippen MR) is 117 cm³/mol. The van der Waals surface area contributed by atoms with Crippen molar-refractivity contribution in [2.45, 2.75) is 5.16 Å². The van der Waals surface area contributed by atoms with Gasteiger partial charge in [0.25, 0.3) is 0 Å². The first kappa shape index (κ1) is 20.7. The molecule has 0 N–H and O–H groups in total. The fraction of sp³-hybridized carbons (Fsp3) is 0.286. The minimum atomic E-state index is -0.349. The standard InChI is InChI=1S/C21H21ClFN5OS/c1-26-20(17-7-2-3-8-18(17)23)24-25-21(26)30-14-19(29)28-11-9-27(10-12-28)16-6-4-5-15(22)13-16/h2-8,13H,9-12,14H2,1H3. The molecule has 1 fully saturated rings. The van der Waals surface area contributed by atoms with Gasteiger partial charge in [-0.1, -0.05) is 41.6 Å². The van der Waals surface area contributed by atoms with Crippen LogP contribution in [0.1, 0.15) is 0 Å². The van der Waals surface area contributed by atoms with Crippen LogP contribution in [0.15, 0.2) is 53.7 Å². The number of halogens is 2. The highest BCUT2D eigenvalue weighted by Crippen LogP contribution is 2.25. The van der Waals surface area contributed by atoms with Gasteiger partial charge in [-0.25, -0.2) is 4.39 Å². The van der Waals surface area contributed by atoms with Crippen molar-refractivity contribution in [3.05, 3.63) is 59.4 Å². The third-order valence-electron chi connectivity index (χ3n) is 5.08. The molecule has 30 heavy (non-hydrogen) atoms. The van der Waals surface area contributed by atoms with Gasteiger partial charge in [-0.2, -0.15) is 0 Å². The van der Waals surface area contributed by atoms with Crippen LogP contribution >= 0.6 is 23.4 Å². The molecule has 1 aliphatic heterocycles. The molecule has 0 bridgehead atoms. The van der Waals surface area contributed by atoms with Crippen molar-refractivity contribution in [1.29, 1.82) is 0 Å². The molecule has 1 aromatic heterocycles. The molecule has 0 saturated carbocycles. The number of rotatable bonds is 5. The SMILES string of the molecule is Cn1c(SCC(=O)N2CCN(c3cccc(Cl)c3)CC2)nnc1-c1ccccc1F. The molecule has 1 saturated heterocycles. The van der Waals surface area contributed by atoms with E-state index in [1.165, 1.54) is 17.8 Å². The highest BCUT2D eigenvalue weighted by atomic mass is 35.5. The highest BCUT2D eigenvalue weighted by Gasteiger charge is 2.22. The number of nitrogens with zero attached hydrogens (tertiary/aromatic N) is 5. The molecule has 2 heterocycles. The molecule has 156 valence electrons. The molecule has 4 rings (SSSR count). The maximum Gasteiger partial charge on any atom is 0.233 e. The summed E-state index contributed by atoms with van der Waals surface area (Å²) in [6.45, 7) is 2.84. The maximum atomic E-state index is 14.0. The Kier molecular flexibility index (Phi) is 6.24. The van der Waals surface area contributed by atoms with E-state index in [0.717, 1.165) is 18.8 Å². The Hall–Kier alpha value is -2.58. The fourth-order valence-corrected chi connectivity index (χ4v) is 4.42. The van der Waals surface area contributed by atoms with Crippen LogP contribution in [0.5, 0.6) is 0 Å². The maximum absolute atomic E-state index is 14.0. The molecule has 6 nitrogen and oxygen atoms in total. The number of hydrogen-bond donors (Lipinski definition) is 0. The molecule has 9 heteroatoms. The summed E-state index contributed by atoms with van der Waals surface area (Å²) in [5.74, 6) is 0.415. The van der Waals surface area contributed by atoms with Crippen molar-refractivity contribution >= 4 is 35.0 Å². The Morgan fingerprint density at radius 3 is 2.60 bits per heavy atom. The molecule has 0 radical (unpaired) electrons. The number of benzene rings is 2. The average Bonchev–Trinajstić information content (AvgIpc) is 3.12. The Morgan fingerprint density at radius 2 is 1.87 bits per heavy atom. The van der Waals surface area contributed by atoms with Gasteiger partial charge in [0.15, 0.2) is 11.0 Å². The second kappa shape index (κ2) is 9.06. The Labute approximate surface area is 183 Å². The first-order chi connectivity index (χ1) is 14.5. The smallest absolute Gasteiger partial charge is 0.233 e. The van der Waals surface area contributed by atoms with Crippen molar-refractivity contribution < 1.29 is 9.18 Å². The Bertz CT molecular complexity index is 1050. The van der Waals surface area contributed by atoms with Crippen LogP contribution in [0, 0.1) is 5.82 Å². The number of carbonyl (C=O) groups excluding carboxylic acids is 1. The lowest BCUT2D eigenvalue weighted by Crippen LogP contribution is -2.49. The minimum Gasteiger partial charge on any atom is -0.368 e. The number of hydrogen-bond acceptors (Lipinski definition) is 5. The molecule has 1 aliphatic rings. The third kappa shape index (κ3) is 4.44. The molecular formula is C21H21ClFN5OS. The lowest BCUT2D eigenvalue weighted by molar-refractivity contribution is -0.128. The topological polar surface area (TPSA) is 54.3 Å². The third-order valence-corrected chi connectivity index (χ3v) is 6.32. The van der Waals surface area contributed by atoms with E-state index in [0.29, 0.717) is 34.7 Å². The van der Waals surface area contributed by atoms with Crippen molar-refractivity contribution in [2.75, 3.05) is 36.8 Å². The molecule has 2 aromatic carbocycles. The normalized spacial score (nSPS) is 14.2. The van der Waals surface area contributed by atoms with Gasteiger partial charge in [-0.3, -0.25) is 4.79 Å². The van der Waals surface area contributed by atoms with Gasteiger partial charge < -0.3 is 14.4 Å². The van der Waals surface area contributed by atoms with Crippen LogP contribution in [0.2, 0.25) is 5.02 Å². The van der Waals surface area contributed by atoms with Crippen LogP contribution < -0.4 is 4.90 Å². The van der Waals surface area contributed by atoms with E-state index in [1.807, 2.05) is 29.2 Å². The highest BCUT2D eigenvalue weighted by molar-refractivity contribution is 7.99. The van der Waals surface area contributed by atoms with Crippen molar-refractivity contribution in [3.63, 3.8) is 0 Å². The van der Waals surface area contributed by atoms with E-state index in [2.05, 4.69) is 15.1 Å². The van der Waals surface area contributed by atoms with Gasteiger partial charge in [-0.15, -0.1) is 10.2 Å². The molecule has 0 spiro atoms. The monoisotopic (exact) mass is 445 g/mol. The van der Waals surface area contributed by atoms with E-state index in [9.17, 15) is 9.18 Å². The first-order valence-corrected chi connectivity index (χ1v) is 10.9. The molecule has 1 amide bonds. The van der Waals surface area contributed by atoms with E-state index in [-0.39, 0.29) is 17.5 Å². The zero-order valence-corrected chi connectivity index (χ0v) is 18.0. The second-order valence-corrected chi connectivity index (χ2v) is 8.36. The largest absolute Gasteiger partial charge is 0.368 e. The minimum absolute atomic E-state index is 0.0567. The number of thioether (sulfide) groups is 1. The summed E-state index contributed by atoms with van der Waals surface area (Å²) in [5.41, 5.74) is 1.46. The van der Waals surface area contributed by atoms with E-state index in [4.69, 9.17) is 11.6 Å². The lowest BCUT2D eigenvalue weighted by atomic mass is 10.2. The quantitative estimate of drug-likeness (QED) is 0.560. The van der Waals surface area contributed by atoms with Crippen molar-refractivity contribution in [3.8, 4) is 11.4 Å². The number of anilines is 1. The van der Waals surface area contributed by atoms with Gasteiger partial charge in [0.05, 0.1) is 11.3 Å². The number of piperazine rings is 1. The molecule has 0 aliphatic carbocycles. The summed E-state index contributed by atoms with van der Waals surface area (Å²) >= 11 is 7.39. The predicted octanol–water partition coefficient (Wildman–Crippen LogP) is 3.72. The van der Waals surface area contributed by atoms with Crippen molar-refractivity contribution in [1.82, 2.24) is 19.7 Å². The average molecular weight is 446 g/mol. The van der Waals surface area contributed by atoms with E-state index < -0.39 is 0 Å². The fourth-order valence-electron chi connectivity index (χ4n) is 3.42. The molecule has 0 unspecified atom stereocenters. The molecule has 0 atom stereocenters. The second-order valence-electron chi connectivity index (χ2n) is 6.98. The van der Waals surface area contributed by atoms with Gasteiger partial charge in [-0.05, 0) is 30.3 Å². The number of aromatic nitrogens is 3. The lowest BCUT2D eigenvalue weighted by Gasteiger charge is -2.36. The van der Waals surface area contributed by atoms with Crippen LogP contribution in [0.4, 0.5) is 10.1 Å². The van der Waals surface area contributed by atoms with Gasteiger partial charge in [0.2, 0.25) is 5.91 Å². The van der Waals surface area contributed by atoms with Crippen LogP contribution in [-0.4, -0.2) is 57.5 Å². The van der Waals surface area contributed by atoms with Gasteiger partial charge in [0.1, 0.15) is 5.82 Å². The first-order valence-electron chi connectivity index (χ1n) is 9.58. The zero-order chi connectivity index (χ0) is 21.1. The summed E-state index contributed by atoms with van der Waals surface area (Å²) in [6, 6.07) is 14.2. The molecular weight excluding hydrogens is 425 g/mol. The summed E-state index contributed by atoms with van der Waals surface area (Å²) in [6.07, 6.45) is 0. The van der Waals surface area contributed by atoms with Gasteiger partial charge in [0, 0.05) is 43.9 Å². The Morgan fingerprint density at radius 1 is 1.10 bits per heavy atom. The van der Waals surface area contributed by atoms with E-state index >= 15 is 0 Å². The summed E-state index contributed by atoms with van der Waals surface area (Å²) in [7, 11) is 1.78. The number of carbonyl (C=O) groups is 1. The Balaban J connectivity index is 1.33. The zero-order valence-electron chi connectivity index (χ0n) is 16.5. The summed E-state index contributed by atoms with van der Waals surface area (Å²) in [4.78, 5) is 16.8. The summed E-state index contributed by atoms with van der Waals surface area (Å²) < 4.78 is 15.8. The summed E-state index contributed by atoms with van der Waals surface area (Å²) in [5, 5.41) is 9.52. The van der Waals surface area contributed by atoms with Crippen LogP contribution in [0.3, 0.4) is 0 Å². The van der Waals surface area contributed by atoms with Crippen molar-refractivity contribution in [2.24, 2.45) is 7.05 Å². The molecule has 3 aromatic rings. The van der Waals surface area contributed by atoms with Gasteiger partial charge >= 0.3 is 0 Å². The number of amides is 1. The van der Waals surface area contributed by atoms with Crippen LogP contribution in [0.25, 0.3) is 11.4 Å².